The lowest BCUT2D eigenvalue weighted by atomic mass is 10.0. The Kier molecular flexibility index (Phi) is 11.7. The van der Waals surface area contributed by atoms with E-state index >= 15 is 0 Å². The van der Waals surface area contributed by atoms with Gasteiger partial charge in [-0.3, -0.25) is 9.59 Å². The molecule has 3 atom stereocenters. The lowest BCUT2D eigenvalue weighted by Gasteiger charge is -2.26. The first-order valence-electron chi connectivity index (χ1n) is 13.8. The average molecular weight is 574 g/mol. The van der Waals surface area contributed by atoms with Crippen LogP contribution in [0.25, 0.3) is 0 Å². The normalized spacial score (nSPS) is 13.1. The van der Waals surface area contributed by atoms with Gasteiger partial charge in [-0.2, -0.15) is 0 Å². The van der Waals surface area contributed by atoms with Gasteiger partial charge in [-0.25, -0.2) is 9.59 Å². The van der Waals surface area contributed by atoms with Gasteiger partial charge in [-0.15, -0.1) is 0 Å². The molecule has 0 spiro atoms. The standard InChI is InChI=1S/C33H39N3O6/c1-33(2,3)42-32(40)36-27(21-24-16-10-6-11-17-24)30(38)34-26(20-23-14-8-5-9-15-23)29(37)35-28(31(39)41-4)22-25-18-12-7-13-19-25/h5-19,26-28H,20-22H2,1-4H3,(H,34,38)(H,35,37)(H,36,40)/t26-,27-,28-/m0/s1. The smallest absolute Gasteiger partial charge is 0.408 e. The van der Waals surface area contributed by atoms with E-state index in [1.807, 2.05) is 91.0 Å². The van der Waals surface area contributed by atoms with Crippen molar-refractivity contribution in [2.75, 3.05) is 7.11 Å². The van der Waals surface area contributed by atoms with Crippen LogP contribution in [0.4, 0.5) is 4.79 Å². The Labute approximate surface area is 247 Å². The van der Waals surface area contributed by atoms with Crippen molar-refractivity contribution in [2.24, 2.45) is 0 Å². The highest BCUT2D eigenvalue weighted by Gasteiger charge is 2.31. The molecule has 0 fully saturated rings. The molecule has 3 rings (SSSR count). The Morgan fingerprint density at radius 2 is 0.952 bits per heavy atom. The molecule has 0 bridgehead atoms. The van der Waals surface area contributed by atoms with Gasteiger partial charge in [0.25, 0.3) is 0 Å². The summed E-state index contributed by atoms with van der Waals surface area (Å²) in [5.41, 5.74) is 1.68. The fourth-order valence-corrected chi connectivity index (χ4v) is 4.30. The summed E-state index contributed by atoms with van der Waals surface area (Å²) >= 11 is 0. The fourth-order valence-electron chi connectivity index (χ4n) is 4.30. The number of amides is 3. The number of methoxy groups -OCH3 is 1. The van der Waals surface area contributed by atoms with Crippen LogP contribution in [0.3, 0.4) is 0 Å². The van der Waals surface area contributed by atoms with Gasteiger partial charge in [-0.05, 0) is 37.5 Å². The number of esters is 1. The third kappa shape index (κ3) is 10.7. The van der Waals surface area contributed by atoms with E-state index in [9.17, 15) is 19.2 Å². The minimum Gasteiger partial charge on any atom is -0.467 e. The van der Waals surface area contributed by atoms with Crippen molar-refractivity contribution in [1.29, 1.82) is 0 Å². The van der Waals surface area contributed by atoms with Crippen molar-refractivity contribution in [3.63, 3.8) is 0 Å². The van der Waals surface area contributed by atoms with Crippen LogP contribution in [-0.2, 0) is 43.1 Å². The minimum atomic E-state index is -1.05. The summed E-state index contributed by atoms with van der Waals surface area (Å²) in [6.07, 6.45) is -0.217. The van der Waals surface area contributed by atoms with Crippen molar-refractivity contribution in [3.8, 4) is 0 Å². The van der Waals surface area contributed by atoms with Crippen molar-refractivity contribution < 1.29 is 28.7 Å². The lowest BCUT2D eigenvalue weighted by Crippen LogP contribution is -2.57. The van der Waals surface area contributed by atoms with Crippen LogP contribution in [0.15, 0.2) is 91.0 Å². The third-order valence-electron chi connectivity index (χ3n) is 6.29. The zero-order chi connectivity index (χ0) is 30.5. The van der Waals surface area contributed by atoms with Crippen molar-refractivity contribution >= 4 is 23.9 Å². The molecule has 3 N–H and O–H groups in total. The van der Waals surface area contributed by atoms with E-state index in [4.69, 9.17) is 9.47 Å². The molecule has 0 aliphatic carbocycles. The molecule has 0 aliphatic rings. The number of alkyl carbamates (subject to hydrolysis) is 1. The number of carbonyl (C=O) groups excluding carboxylic acids is 4. The molecule has 3 aromatic carbocycles. The average Bonchev–Trinajstić information content (AvgIpc) is 2.96. The summed E-state index contributed by atoms with van der Waals surface area (Å²) in [7, 11) is 1.26. The predicted octanol–water partition coefficient (Wildman–Crippen LogP) is 3.75. The second kappa shape index (κ2) is 15.4. The molecule has 0 heterocycles. The van der Waals surface area contributed by atoms with Crippen LogP contribution in [0, 0.1) is 0 Å². The molecular formula is C33H39N3O6. The number of benzene rings is 3. The molecule has 3 aromatic rings. The molecule has 0 aromatic heterocycles. The summed E-state index contributed by atoms with van der Waals surface area (Å²) in [4.78, 5) is 52.6. The van der Waals surface area contributed by atoms with Crippen LogP contribution in [0.5, 0.6) is 0 Å². The highest BCUT2D eigenvalue weighted by atomic mass is 16.6. The highest BCUT2D eigenvalue weighted by Crippen LogP contribution is 2.11. The quantitative estimate of drug-likeness (QED) is 0.284. The van der Waals surface area contributed by atoms with Crippen molar-refractivity contribution in [2.45, 2.75) is 63.8 Å². The number of nitrogens with one attached hydrogen (secondary N) is 3. The second-order valence-electron chi connectivity index (χ2n) is 10.9. The van der Waals surface area contributed by atoms with Crippen LogP contribution >= 0.6 is 0 Å². The molecule has 0 saturated heterocycles. The van der Waals surface area contributed by atoms with Crippen LogP contribution < -0.4 is 16.0 Å². The maximum atomic E-state index is 13.7. The monoisotopic (exact) mass is 573 g/mol. The van der Waals surface area contributed by atoms with Crippen molar-refractivity contribution in [3.05, 3.63) is 108 Å². The van der Waals surface area contributed by atoms with Gasteiger partial charge in [0.2, 0.25) is 11.8 Å². The van der Waals surface area contributed by atoms with E-state index in [0.29, 0.717) is 0 Å². The molecule has 0 saturated carbocycles. The maximum Gasteiger partial charge on any atom is 0.408 e. The Bertz CT molecular complexity index is 1310. The Hall–Kier alpha value is -4.66. The Morgan fingerprint density at radius 1 is 0.595 bits per heavy atom. The molecule has 0 aliphatic heterocycles. The van der Waals surface area contributed by atoms with Gasteiger partial charge in [0, 0.05) is 19.3 Å². The van der Waals surface area contributed by atoms with E-state index in [1.165, 1.54) is 7.11 Å². The number of hydrogen-bond acceptors (Lipinski definition) is 6. The summed E-state index contributed by atoms with van der Waals surface area (Å²) in [5, 5.41) is 8.22. The first kappa shape index (κ1) is 31.9. The van der Waals surface area contributed by atoms with E-state index in [1.54, 1.807) is 20.8 Å². The second-order valence-corrected chi connectivity index (χ2v) is 10.9. The molecule has 3 amide bonds. The van der Waals surface area contributed by atoms with Gasteiger partial charge < -0.3 is 25.4 Å². The third-order valence-corrected chi connectivity index (χ3v) is 6.29. The first-order valence-corrected chi connectivity index (χ1v) is 13.8. The molecule has 222 valence electrons. The predicted molar refractivity (Wildman–Crippen MR) is 159 cm³/mol. The van der Waals surface area contributed by atoms with Gasteiger partial charge in [0.15, 0.2) is 0 Å². The van der Waals surface area contributed by atoms with Crippen molar-refractivity contribution in [1.82, 2.24) is 16.0 Å². The van der Waals surface area contributed by atoms with Gasteiger partial charge in [0.05, 0.1) is 7.11 Å². The maximum absolute atomic E-state index is 13.7. The fraction of sp³-hybridized carbons (Fsp3) is 0.333. The Morgan fingerprint density at radius 3 is 1.33 bits per heavy atom. The lowest BCUT2D eigenvalue weighted by molar-refractivity contribution is -0.145. The molecular weight excluding hydrogens is 534 g/mol. The molecule has 9 nitrogen and oxygen atoms in total. The Balaban J connectivity index is 1.84. The van der Waals surface area contributed by atoms with Gasteiger partial charge >= 0.3 is 12.1 Å². The van der Waals surface area contributed by atoms with Crippen LogP contribution in [-0.4, -0.2) is 54.7 Å². The molecule has 0 unspecified atom stereocenters. The molecule has 42 heavy (non-hydrogen) atoms. The van der Waals surface area contributed by atoms with E-state index in [0.717, 1.165) is 16.7 Å². The first-order chi connectivity index (χ1) is 20.0. The number of hydrogen-bond donors (Lipinski definition) is 3. The number of rotatable bonds is 12. The topological polar surface area (TPSA) is 123 Å². The molecule has 9 heteroatoms. The minimum absolute atomic E-state index is 0.155. The zero-order valence-electron chi connectivity index (χ0n) is 24.5. The van der Waals surface area contributed by atoms with E-state index in [2.05, 4.69) is 16.0 Å². The summed E-state index contributed by atoms with van der Waals surface area (Å²) in [6, 6.07) is 24.6. The number of ether oxygens (including phenoxy) is 2. The van der Waals surface area contributed by atoms with Crippen LogP contribution in [0.2, 0.25) is 0 Å². The van der Waals surface area contributed by atoms with Gasteiger partial charge in [-0.1, -0.05) is 91.0 Å². The SMILES string of the molecule is COC(=O)[C@H](Cc1ccccc1)NC(=O)[C@H](Cc1ccccc1)NC(=O)[C@H](Cc1ccccc1)NC(=O)OC(C)(C)C. The zero-order valence-corrected chi connectivity index (χ0v) is 24.5. The van der Waals surface area contributed by atoms with Crippen LogP contribution in [0.1, 0.15) is 37.5 Å². The highest BCUT2D eigenvalue weighted by molar-refractivity contribution is 5.93. The summed E-state index contributed by atoms with van der Waals surface area (Å²) in [5.74, 6) is -1.74. The largest absolute Gasteiger partial charge is 0.467 e. The number of carbonyl (C=O) groups is 4. The van der Waals surface area contributed by atoms with E-state index < -0.39 is 47.6 Å². The summed E-state index contributed by atoms with van der Waals surface area (Å²) in [6.45, 7) is 5.19. The van der Waals surface area contributed by atoms with E-state index in [-0.39, 0.29) is 19.3 Å². The summed E-state index contributed by atoms with van der Waals surface area (Å²) < 4.78 is 10.3. The molecule has 0 radical (unpaired) electrons. The van der Waals surface area contributed by atoms with Gasteiger partial charge in [0.1, 0.15) is 23.7 Å².